The molecule has 10 heteroatoms. The Bertz CT molecular complexity index is 1470. The Labute approximate surface area is 277 Å². The van der Waals surface area contributed by atoms with E-state index in [0.29, 0.717) is 36.4 Å². The van der Waals surface area contributed by atoms with E-state index in [1.165, 1.54) is 11.1 Å². The lowest BCUT2D eigenvalue weighted by Crippen LogP contribution is -2.44. The summed E-state index contributed by atoms with van der Waals surface area (Å²) < 4.78 is 10.7. The molecule has 1 unspecified atom stereocenters. The van der Waals surface area contributed by atoms with E-state index in [0.717, 1.165) is 88.1 Å². The number of fused-ring (bicyclic) bond motifs is 4. The van der Waals surface area contributed by atoms with Crippen molar-refractivity contribution in [2.75, 3.05) is 19.7 Å². The van der Waals surface area contributed by atoms with Crippen LogP contribution < -0.4 is 16.1 Å². The number of amides is 1. The first-order valence-electron chi connectivity index (χ1n) is 17.6. The summed E-state index contributed by atoms with van der Waals surface area (Å²) in [6, 6.07) is 8.69. The highest BCUT2D eigenvalue weighted by molar-refractivity contribution is 5.98. The standard InChI is InChI=1S/C37H49N5O5/c1-3-46-34(44)31(40-36(45)47-23-24-9-5-4-6-10-24)12-8-7-11-26-22-37(2)30(17-18-32(37)43)29-15-13-25-21-27(14-16-28(25)33(26)29)41-42-35-38-19-20-39-35/h4-6,9-10,21,26,29-31H,3,7-8,11-20,22-23H2,1-2H3,(H,40,45)(H2,38,39,42)/b41-27+/t26-,29-,30-,31?,37-/m0/s1. The van der Waals surface area contributed by atoms with Crippen molar-refractivity contribution in [3.63, 3.8) is 0 Å². The molecule has 2 fully saturated rings. The molecule has 0 saturated heterocycles. The third-order valence-corrected chi connectivity index (χ3v) is 10.9. The van der Waals surface area contributed by atoms with Crippen LogP contribution in [0.25, 0.3) is 0 Å². The van der Waals surface area contributed by atoms with E-state index in [1.807, 2.05) is 30.3 Å². The number of guanidine groups is 1. The molecule has 0 aromatic heterocycles. The summed E-state index contributed by atoms with van der Waals surface area (Å²) in [5, 5.41) is 10.6. The summed E-state index contributed by atoms with van der Waals surface area (Å²) in [5.74, 6) is 1.96. The Balaban J connectivity index is 1.13. The van der Waals surface area contributed by atoms with E-state index in [2.05, 4.69) is 39.2 Å². The maximum Gasteiger partial charge on any atom is 0.408 e. The summed E-state index contributed by atoms with van der Waals surface area (Å²) in [7, 11) is 0. The minimum absolute atomic E-state index is 0.133. The fourth-order valence-electron chi connectivity index (χ4n) is 8.70. The minimum atomic E-state index is -0.767. The number of benzene rings is 1. The average molecular weight is 644 g/mol. The molecule has 0 bridgehead atoms. The first kappa shape index (κ1) is 33.0. The Morgan fingerprint density at radius 2 is 1.96 bits per heavy atom. The maximum absolute atomic E-state index is 13.3. The van der Waals surface area contributed by atoms with Gasteiger partial charge in [-0.3, -0.25) is 4.79 Å². The van der Waals surface area contributed by atoms with E-state index in [4.69, 9.17) is 9.47 Å². The molecular weight excluding hydrogens is 594 g/mol. The number of aliphatic imine (C=N–C) groups is 1. The van der Waals surface area contributed by atoms with Gasteiger partial charge in [0.25, 0.3) is 0 Å². The monoisotopic (exact) mass is 643 g/mol. The molecule has 5 aliphatic rings. The highest BCUT2D eigenvalue weighted by Gasteiger charge is 2.56. The van der Waals surface area contributed by atoms with E-state index in [-0.39, 0.29) is 18.6 Å². The Morgan fingerprint density at radius 3 is 2.74 bits per heavy atom. The van der Waals surface area contributed by atoms with Crippen LogP contribution in [0.2, 0.25) is 0 Å². The fraction of sp³-hybridized carbons (Fsp3) is 0.595. The molecule has 0 radical (unpaired) electrons. The number of hydrogen-bond donors (Lipinski definition) is 3. The lowest BCUT2D eigenvalue weighted by molar-refractivity contribution is -0.145. The summed E-state index contributed by atoms with van der Waals surface area (Å²) in [5.41, 5.74) is 9.30. The maximum atomic E-state index is 13.3. The molecule has 47 heavy (non-hydrogen) atoms. The summed E-state index contributed by atoms with van der Waals surface area (Å²) in [6.45, 7) is 5.99. The molecule has 4 aliphatic carbocycles. The van der Waals surface area contributed by atoms with Gasteiger partial charge in [0.2, 0.25) is 5.96 Å². The number of rotatable bonds is 11. The van der Waals surface area contributed by atoms with Gasteiger partial charge in [0.15, 0.2) is 0 Å². The molecule has 1 aromatic carbocycles. The van der Waals surface area contributed by atoms with Crippen molar-refractivity contribution >= 4 is 29.5 Å². The van der Waals surface area contributed by atoms with E-state index in [9.17, 15) is 14.4 Å². The van der Waals surface area contributed by atoms with Crippen LogP contribution in [-0.4, -0.2) is 55.3 Å². The number of hydrazone groups is 1. The van der Waals surface area contributed by atoms with Crippen molar-refractivity contribution < 1.29 is 23.9 Å². The van der Waals surface area contributed by atoms with Gasteiger partial charge in [-0.2, -0.15) is 5.10 Å². The van der Waals surface area contributed by atoms with Gasteiger partial charge in [0.1, 0.15) is 18.4 Å². The Hall–Kier alpha value is -3.95. The van der Waals surface area contributed by atoms with Crippen LogP contribution in [0.5, 0.6) is 0 Å². The fourth-order valence-corrected chi connectivity index (χ4v) is 8.70. The number of ether oxygens (including phenoxy) is 2. The largest absolute Gasteiger partial charge is 0.464 e. The van der Waals surface area contributed by atoms with Crippen LogP contribution in [0.4, 0.5) is 4.79 Å². The smallest absolute Gasteiger partial charge is 0.408 e. The number of carbonyl (C=O) groups excluding carboxylic acids is 3. The van der Waals surface area contributed by atoms with Gasteiger partial charge < -0.3 is 20.1 Å². The molecule has 1 heterocycles. The van der Waals surface area contributed by atoms with Crippen LogP contribution in [-0.2, 0) is 25.7 Å². The molecule has 252 valence electrons. The highest BCUT2D eigenvalue weighted by Crippen LogP contribution is 2.61. The number of Topliss-reactive ketones (excluding diaryl/α,β-unsaturated/α-hetero) is 1. The third-order valence-electron chi connectivity index (χ3n) is 10.9. The Morgan fingerprint density at radius 1 is 1.11 bits per heavy atom. The normalized spacial score (nSPS) is 27.9. The van der Waals surface area contributed by atoms with Crippen LogP contribution in [0, 0.1) is 23.2 Å². The number of ketones is 1. The quantitative estimate of drug-likeness (QED) is 0.159. The molecular formula is C37H49N5O5. The first-order chi connectivity index (χ1) is 22.9. The summed E-state index contributed by atoms with van der Waals surface area (Å²) in [6.07, 6.45) is 11.3. The molecule has 0 spiro atoms. The number of nitrogens with one attached hydrogen (secondary N) is 3. The van der Waals surface area contributed by atoms with Crippen LogP contribution in [0.1, 0.15) is 90.0 Å². The molecule has 2 saturated carbocycles. The molecule has 10 nitrogen and oxygen atoms in total. The summed E-state index contributed by atoms with van der Waals surface area (Å²) in [4.78, 5) is 43.1. The second kappa shape index (κ2) is 14.9. The van der Waals surface area contributed by atoms with Crippen molar-refractivity contribution in [2.24, 2.45) is 33.3 Å². The highest BCUT2D eigenvalue weighted by atomic mass is 16.6. The van der Waals surface area contributed by atoms with E-state index >= 15 is 0 Å². The summed E-state index contributed by atoms with van der Waals surface area (Å²) >= 11 is 0. The molecule has 5 atom stereocenters. The third kappa shape index (κ3) is 7.47. The van der Waals surface area contributed by atoms with Crippen molar-refractivity contribution in [3.8, 4) is 0 Å². The zero-order valence-electron chi connectivity index (χ0n) is 27.8. The lowest BCUT2D eigenvalue weighted by Gasteiger charge is -2.50. The number of alkyl carbamates (subject to hydrolysis) is 1. The number of allylic oxidation sites excluding steroid dienone is 4. The van der Waals surface area contributed by atoms with Crippen molar-refractivity contribution in [1.82, 2.24) is 16.1 Å². The van der Waals surface area contributed by atoms with Gasteiger partial charge in [0.05, 0.1) is 18.9 Å². The molecule has 3 N–H and O–H groups in total. The lowest BCUT2D eigenvalue weighted by atomic mass is 9.53. The van der Waals surface area contributed by atoms with Gasteiger partial charge in [-0.1, -0.05) is 55.7 Å². The predicted octanol–water partition coefficient (Wildman–Crippen LogP) is 5.74. The topological polar surface area (TPSA) is 130 Å². The molecule has 1 aliphatic heterocycles. The second-order valence-corrected chi connectivity index (χ2v) is 13.8. The van der Waals surface area contributed by atoms with Gasteiger partial charge in [-0.25, -0.2) is 20.0 Å². The van der Waals surface area contributed by atoms with Crippen molar-refractivity contribution in [1.29, 1.82) is 0 Å². The zero-order valence-corrected chi connectivity index (χ0v) is 27.8. The van der Waals surface area contributed by atoms with Gasteiger partial charge in [-0.05, 0) is 98.8 Å². The second-order valence-electron chi connectivity index (χ2n) is 13.8. The number of unbranched alkanes of at least 4 members (excludes halogenated alkanes) is 1. The van der Waals surface area contributed by atoms with Gasteiger partial charge in [-0.15, -0.1) is 0 Å². The van der Waals surface area contributed by atoms with Crippen molar-refractivity contribution in [3.05, 3.63) is 58.7 Å². The van der Waals surface area contributed by atoms with Crippen LogP contribution in [0.3, 0.4) is 0 Å². The van der Waals surface area contributed by atoms with Crippen LogP contribution in [0.15, 0.2) is 63.2 Å². The van der Waals surface area contributed by atoms with E-state index < -0.39 is 18.1 Å². The van der Waals surface area contributed by atoms with E-state index in [1.54, 1.807) is 12.5 Å². The van der Waals surface area contributed by atoms with Crippen LogP contribution >= 0.6 is 0 Å². The van der Waals surface area contributed by atoms with Crippen molar-refractivity contribution in [2.45, 2.75) is 97.1 Å². The average Bonchev–Trinajstić information content (AvgIpc) is 3.71. The van der Waals surface area contributed by atoms with Gasteiger partial charge in [0, 0.05) is 18.4 Å². The minimum Gasteiger partial charge on any atom is -0.464 e. The molecule has 6 rings (SSSR count). The zero-order chi connectivity index (χ0) is 32.8. The number of nitrogens with zero attached hydrogens (tertiary/aromatic N) is 2. The van der Waals surface area contributed by atoms with Gasteiger partial charge >= 0.3 is 12.1 Å². The number of carbonyl (C=O) groups is 3. The molecule has 1 aromatic rings. The Kier molecular flexibility index (Phi) is 10.4. The SMILES string of the molecule is CCOC(=O)C(CCCC[C@H]1C[C@]2(C)C(=O)CC[C@H]2[C@@H]2CCC3=C/C(=N/NC4=NCCN4)CCC3=C12)NC(=O)OCc1ccccc1. The number of hydrogen-bond acceptors (Lipinski definition) is 9. The first-order valence-corrected chi connectivity index (χ1v) is 17.6. The number of esters is 1. The molecule has 1 amide bonds. The predicted molar refractivity (Wildman–Crippen MR) is 181 cm³/mol.